The quantitative estimate of drug-likeness (QED) is 0.622. The Kier molecular flexibility index (Phi) is 7.82. The van der Waals surface area contributed by atoms with Crippen LogP contribution in [0.1, 0.15) is 32.3 Å². The summed E-state index contributed by atoms with van der Waals surface area (Å²) in [6, 6.07) is 13.3. The van der Waals surface area contributed by atoms with Crippen LogP contribution < -0.4 is 4.90 Å². The lowest BCUT2D eigenvalue weighted by atomic mass is 10.1. The smallest absolute Gasteiger partial charge is 0.300 e. The van der Waals surface area contributed by atoms with Crippen LogP contribution in [-0.4, -0.2) is 63.1 Å². The van der Waals surface area contributed by atoms with Crippen molar-refractivity contribution in [2.24, 2.45) is 0 Å². The van der Waals surface area contributed by atoms with E-state index in [0.29, 0.717) is 30.9 Å². The molecule has 1 aliphatic rings. The molecule has 1 fully saturated rings. The molecule has 2 heterocycles. The summed E-state index contributed by atoms with van der Waals surface area (Å²) in [5.41, 5.74) is 2.60. The summed E-state index contributed by atoms with van der Waals surface area (Å²) < 4.78 is 0. The summed E-state index contributed by atoms with van der Waals surface area (Å²) in [6.45, 7) is 8.01. The highest BCUT2D eigenvalue weighted by atomic mass is 16.4. The zero-order valence-electron chi connectivity index (χ0n) is 19.3. The average molecular weight is 451 g/mol. The van der Waals surface area contributed by atoms with Crippen molar-refractivity contribution >= 4 is 28.6 Å². The Morgan fingerprint density at radius 1 is 1.03 bits per heavy atom. The number of rotatable bonds is 4. The minimum atomic E-state index is -0.833. The van der Waals surface area contributed by atoms with Gasteiger partial charge < -0.3 is 20.0 Å². The van der Waals surface area contributed by atoms with Gasteiger partial charge in [0.05, 0.1) is 11.1 Å². The Morgan fingerprint density at radius 2 is 1.70 bits per heavy atom. The number of fused-ring (bicyclic) bond motifs is 1. The molecule has 0 radical (unpaired) electrons. The van der Waals surface area contributed by atoms with E-state index in [1.54, 1.807) is 12.1 Å². The Bertz CT molecular complexity index is 1140. The molecule has 1 aromatic heterocycles. The number of phenolic OH excluding ortho intramolecular Hbond substituents is 1. The van der Waals surface area contributed by atoms with E-state index in [1.165, 1.54) is 0 Å². The topological polar surface area (TPSA) is 107 Å². The van der Waals surface area contributed by atoms with Gasteiger partial charge in [0.25, 0.3) is 5.97 Å². The van der Waals surface area contributed by atoms with Crippen LogP contribution in [0.2, 0.25) is 0 Å². The van der Waals surface area contributed by atoms with Gasteiger partial charge in [-0.1, -0.05) is 25.1 Å². The number of aromatic nitrogens is 2. The second kappa shape index (κ2) is 10.8. The summed E-state index contributed by atoms with van der Waals surface area (Å²) in [4.78, 5) is 35.0. The molecular weight excluding hydrogens is 420 g/mol. The SMILES string of the molecule is CC(=O)O.CCCC(=O)N1CCN(c2nc(-c3ccccc3O)nc3cc(C)ccc23)CC1. The first-order valence-corrected chi connectivity index (χ1v) is 11.1. The van der Waals surface area contributed by atoms with Gasteiger partial charge >= 0.3 is 0 Å². The molecule has 4 rings (SSSR count). The summed E-state index contributed by atoms with van der Waals surface area (Å²) in [5, 5.41) is 18.7. The third kappa shape index (κ3) is 5.97. The number of benzene rings is 2. The van der Waals surface area contributed by atoms with Gasteiger partial charge in [-0.2, -0.15) is 0 Å². The fraction of sp³-hybridized carbons (Fsp3) is 0.360. The number of hydrogen-bond acceptors (Lipinski definition) is 6. The lowest BCUT2D eigenvalue weighted by Gasteiger charge is -2.36. The summed E-state index contributed by atoms with van der Waals surface area (Å²) in [7, 11) is 0. The summed E-state index contributed by atoms with van der Waals surface area (Å²) in [6.07, 6.45) is 1.48. The van der Waals surface area contributed by atoms with Crippen molar-refractivity contribution in [1.82, 2.24) is 14.9 Å². The highest BCUT2D eigenvalue weighted by Crippen LogP contribution is 2.32. The zero-order valence-corrected chi connectivity index (χ0v) is 19.3. The fourth-order valence-electron chi connectivity index (χ4n) is 3.79. The standard InChI is InChI=1S/C23H26N4O2.C2H4O2/c1-3-6-21(29)26-11-13-27(14-12-26)23-17-10-9-16(2)15-19(17)24-22(25-23)18-7-4-5-8-20(18)28;1-2(3)4/h4-5,7-10,15,28H,3,6,11-14H2,1-2H3;1H3,(H,3,4). The number of aliphatic carboxylic acids is 1. The molecular formula is C25H30N4O4. The van der Waals surface area contributed by atoms with Gasteiger partial charge in [0, 0.05) is 44.9 Å². The molecule has 8 nitrogen and oxygen atoms in total. The van der Waals surface area contributed by atoms with Gasteiger partial charge in [-0.15, -0.1) is 0 Å². The first-order valence-electron chi connectivity index (χ1n) is 11.1. The molecule has 1 saturated heterocycles. The maximum atomic E-state index is 12.2. The lowest BCUT2D eigenvalue weighted by molar-refractivity contribution is -0.134. The normalized spacial score (nSPS) is 13.4. The number of carboxylic acids is 1. The van der Waals surface area contributed by atoms with Crippen LogP contribution in [0.25, 0.3) is 22.3 Å². The van der Waals surface area contributed by atoms with Gasteiger partial charge in [-0.3, -0.25) is 9.59 Å². The van der Waals surface area contributed by atoms with Crippen molar-refractivity contribution in [3.8, 4) is 17.1 Å². The summed E-state index contributed by atoms with van der Waals surface area (Å²) >= 11 is 0. The van der Waals surface area contributed by atoms with Crippen LogP contribution in [0.15, 0.2) is 42.5 Å². The van der Waals surface area contributed by atoms with E-state index >= 15 is 0 Å². The van der Waals surface area contributed by atoms with Gasteiger partial charge in [-0.25, -0.2) is 9.97 Å². The van der Waals surface area contributed by atoms with E-state index in [2.05, 4.69) is 17.0 Å². The number of carbonyl (C=O) groups is 2. The van der Waals surface area contributed by atoms with Crippen molar-refractivity contribution in [1.29, 1.82) is 0 Å². The van der Waals surface area contributed by atoms with E-state index in [4.69, 9.17) is 19.9 Å². The highest BCUT2D eigenvalue weighted by molar-refractivity contribution is 5.92. The third-order valence-electron chi connectivity index (χ3n) is 5.37. The Morgan fingerprint density at radius 3 is 2.33 bits per heavy atom. The molecule has 0 aliphatic carbocycles. The van der Waals surface area contributed by atoms with E-state index in [9.17, 15) is 9.90 Å². The Hall–Kier alpha value is -3.68. The number of anilines is 1. The number of hydrogen-bond donors (Lipinski definition) is 2. The molecule has 8 heteroatoms. The third-order valence-corrected chi connectivity index (χ3v) is 5.37. The molecule has 0 unspecified atom stereocenters. The van der Waals surface area contributed by atoms with Gasteiger partial charge in [-0.05, 0) is 43.2 Å². The molecule has 2 aromatic carbocycles. The van der Waals surface area contributed by atoms with Crippen LogP contribution in [0.4, 0.5) is 5.82 Å². The number of para-hydroxylation sites is 1. The van der Waals surface area contributed by atoms with Crippen molar-refractivity contribution < 1.29 is 19.8 Å². The molecule has 0 atom stereocenters. The lowest BCUT2D eigenvalue weighted by Crippen LogP contribution is -2.49. The predicted molar refractivity (Wildman–Crippen MR) is 128 cm³/mol. The molecule has 1 aliphatic heterocycles. The minimum Gasteiger partial charge on any atom is -0.507 e. The van der Waals surface area contributed by atoms with E-state index < -0.39 is 5.97 Å². The van der Waals surface area contributed by atoms with Crippen molar-refractivity contribution in [3.63, 3.8) is 0 Å². The number of carbonyl (C=O) groups excluding carboxylic acids is 1. The van der Waals surface area contributed by atoms with Crippen LogP contribution in [-0.2, 0) is 9.59 Å². The van der Waals surface area contributed by atoms with Gasteiger partial charge in [0.15, 0.2) is 5.82 Å². The molecule has 33 heavy (non-hydrogen) atoms. The maximum absolute atomic E-state index is 12.2. The van der Waals surface area contributed by atoms with Crippen LogP contribution in [0, 0.1) is 6.92 Å². The number of amides is 1. The zero-order chi connectivity index (χ0) is 24.0. The Balaban J connectivity index is 0.000000709. The minimum absolute atomic E-state index is 0.167. The van der Waals surface area contributed by atoms with Crippen molar-refractivity contribution in [2.75, 3.05) is 31.1 Å². The van der Waals surface area contributed by atoms with Gasteiger partial charge in [0.2, 0.25) is 5.91 Å². The molecule has 0 bridgehead atoms. The largest absolute Gasteiger partial charge is 0.507 e. The van der Waals surface area contributed by atoms with E-state index in [0.717, 1.165) is 48.7 Å². The summed E-state index contributed by atoms with van der Waals surface area (Å²) in [5.74, 6) is 0.933. The van der Waals surface area contributed by atoms with Crippen LogP contribution in [0.5, 0.6) is 5.75 Å². The highest BCUT2D eigenvalue weighted by Gasteiger charge is 2.24. The van der Waals surface area contributed by atoms with E-state index in [1.807, 2.05) is 36.9 Å². The number of carboxylic acid groups (broad SMARTS) is 1. The average Bonchev–Trinajstić information content (AvgIpc) is 2.78. The molecule has 3 aromatic rings. The second-order valence-corrected chi connectivity index (χ2v) is 8.05. The number of phenols is 1. The van der Waals surface area contributed by atoms with E-state index in [-0.39, 0.29) is 11.7 Å². The fourth-order valence-corrected chi connectivity index (χ4v) is 3.79. The van der Waals surface area contributed by atoms with Crippen LogP contribution in [0.3, 0.4) is 0 Å². The Labute approximate surface area is 193 Å². The van der Waals surface area contributed by atoms with Crippen molar-refractivity contribution in [2.45, 2.75) is 33.6 Å². The molecule has 0 spiro atoms. The maximum Gasteiger partial charge on any atom is 0.300 e. The molecule has 174 valence electrons. The molecule has 0 saturated carbocycles. The van der Waals surface area contributed by atoms with Crippen LogP contribution >= 0.6 is 0 Å². The predicted octanol–water partition coefficient (Wildman–Crippen LogP) is 3.85. The first-order chi connectivity index (χ1) is 15.8. The number of nitrogens with zero attached hydrogens (tertiary/aromatic N) is 4. The van der Waals surface area contributed by atoms with Gasteiger partial charge in [0.1, 0.15) is 11.6 Å². The molecule has 2 N–H and O–H groups in total. The first kappa shape index (κ1) is 24.0. The monoisotopic (exact) mass is 450 g/mol. The second-order valence-electron chi connectivity index (χ2n) is 8.05. The molecule has 1 amide bonds. The van der Waals surface area contributed by atoms with Crippen molar-refractivity contribution in [3.05, 3.63) is 48.0 Å². The number of aryl methyl sites for hydroxylation is 1. The number of aromatic hydroxyl groups is 1. The number of piperazine rings is 1.